The first-order valence-corrected chi connectivity index (χ1v) is 12.8. The quantitative estimate of drug-likeness (QED) is 0.212. The standard InChI is InChI=1S/C30H39NO3/c1-4-7-22-32-28-19-13-10-16-25(28)31(26-17-11-14-20-29(26)33-23-8-5-2)27-18-12-15-21-30(27)34-24-9-6-3/h10-21H,4-9,22-24H2,1-3H3. The van der Waals surface area contributed by atoms with Crippen LogP contribution < -0.4 is 19.1 Å². The molecule has 34 heavy (non-hydrogen) atoms. The molecule has 0 saturated heterocycles. The first-order chi connectivity index (χ1) is 16.8. The summed E-state index contributed by atoms with van der Waals surface area (Å²) < 4.78 is 18.8. The van der Waals surface area contributed by atoms with Gasteiger partial charge in [-0.25, -0.2) is 0 Å². The maximum atomic E-state index is 6.26. The van der Waals surface area contributed by atoms with Gasteiger partial charge in [0.1, 0.15) is 17.2 Å². The lowest BCUT2D eigenvalue weighted by Gasteiger charge is -2.30. The zero-order valence-electron chi connectivity index (χ0n) is 21.0. The molecule has 0 N–H and O–H groups in total. The van der Waals surface area contributed by atoms with Gasteiger partial charge in [-0.15, -0.1) is 0 Å². The van der Waals surface area contributed by atoms with Crippen LogP contribution in [0.2, 0.25) is 0 Å². The Hall–Kier alpha value is -3.14. The van der Waals surface area contributed by atoms with Crippen LogP contribution in [0.15, 0.2) is 72.8 Å². The van der Waals surface area contributed by atoms with Gasteiger partial charge < -0.3 is 14.2 Å². The Balaban J connectivity index is 2.11. The largest absolute Gasteiger partial charge is 0.491 e. The molecule has 0 aliphatic carbocycles. The molecule has 4 nitrogen and oxygen atoms in total. The molecule has 0 aromatic heterocycles. The van der Waals surface area contributed by atoms with Crippen molar-refractivity contribution in [1.29, 1.82) is 0 Å². The van der Waals surface area contributed by atoms with E-state index in [0.717, 1.165) is 72.8 Å². The summed E-state index contributed by atoms with van der Waals surface area (Å²) >= 11 is 0. The van der Waals surface area contributed by atoms with Gasteiger partial charge in [-0.3, -0.25) is 4.90 Å². The second-order valence-electron chi connectivity index (χ2n) is 8.34. The molecule has 3 aromatic carbocycles. The van der Waals surface area contributed by atoms with Crippen molar-refractivity contribution in [3.63, 3.8) is 0 Å². The molecule has 0 amide bonds. The number of unbranched alkanes of at least 4 members (excludes halogenated alkanes) is 3. The molecule has 0 saturated carbocycles. The van der Waals surface area contributed by atoms with E-state index in [4.69, 9.17) is 14.2 Å². The summed E-state index contributed by atoms with van der Waals surface area (Å²) in [6.07, 6.45) is 6.32. The summed E-state index contributed by atoms with van der Waals surface area (Å²) in [6.45, 7) is 8.58. The minimum absolute atomic E-state index is 0.685. The molecule has 4 heteroatoms. The third-order valence-electron chi connectivity index (χ3n) is 5.58. The minimum atomic E-state index is 0.685. The summed E-state index contributed by atoms with van der Waals surface area (Å²) in [6, 6.07) is 24.7. The Morgan fingerprint density at radius 3 is 1.06 bits per heavy atom. The van der Waals surface area contributed by atoms with E-state index in [0.29, 0.717) is 19.8 Å². The first kappa shape index (κ1) is 25.5. The van der Waals surface area contributed by atoms with Crippen LogP contribution in [-0.2, 0) is 0 Å². The highest BCUT2D eigenvalue weighted by molar-refractivity contribution is 5.85. The van der Waals surface area contributed by atoms with Crippen LogP contribution in [0.1, 0.15) is 59.3 Å². The summed E-state index contributed by atoms with van der Waals surface area (Å²) in [4.78, 5) is 2.21. The molecule has 3 aromatic rings. The molecule has 3 rings (SSSR count). The van der Waals surface area contributed by atoms with E-state index in [2.05, 4.69) is 62.1 Å². The first-order valence-electron chi connectivity index (χ1n) is 12.8. The molecule has 0 atom stereocenters. The Morgan fingerprint density at radius 1 is 0.471 bits per heavy atom. The fourth-order valence-electron chi connectivity index (χ4n) is 3.66. The molecule has 0 spiro atoms. The van der Waals surface area contributed by atoms with Crippen LogP contribution in [0.3, 0.4) is 0 Å². The normalized spacial score (nSPS) is 10.7. The van der Waals surface area contributed by atoms with Gasteiger partial charge in [-0.05, 0) is 55.7 Å². The van der Waals surface area contributed by atoms with Crippen LogP contribution >= 0.6 is 0 Å². The molecule has 182 valence electrons. The average Bonchev–Trinajstić information content (AvgIpc) is 2.87. The maximum absolute atomic E-state index is 6.26. The molecule has 0 heterocycles. The summed E-state index contributed by atoms with van der Waals surface area (Å²) in [7, 11) is 0. The summed E-state index contributed by atoms with van der Waals surface area (Å²) in [5.41, 5.74) is 2.91. The Bertz CT molecular complexity index is 861. The van der Waals surface area contributed by atoms with Gasteiger partial charge in [-0.2, -0.15) is 0 Å². The van der Waals surface area contributed by atoms with E-state index in [9.17, 15) is 0 Å². The van der Waals surface area contributed by atoms with Crippen molar-refractivity contribution in [2.24, 2.45) is 0 Å². The second-order valence-corrected chi connectivity index (χ2v) is 8.34. The van der Waals surface area contributed by atoms with Gasteiger partial charge in [0.15, 0.2) is 0 Å². The highest BCUT2D eigenvalue weighted by Gasteiger charge is 2.23. The lowest BCUT2D eigenvalue weighted by Crippen LogP contribution is -2.15. The smallest absolute Gasteiger partial charge is 0.143 e. The van der Waals surface area contributed by atoms with Gasteiger partial charge in [-0.1, -0.05) is 76.4 Å². The van der Waals surface area contributed by atoms with Crippen LogP contribution in [0.4, 0.5) is 17.1 Å². The molecular formula is C30H39NO3. The predicted molar refractivity (Wildman–Crippen MR) is 142 cm³/mol. The molecule has 0 aliphatic rings. The Morgan fingerprint density at radius 2 is 0.765 bits per heavy atom. The molecule has 0 bridgehead atoms. The highest BCUT2D eigenvalue weighted by Crippen LogP contribution is 2.47. The van der Waals surface area contributed by atoms with Crippen LogP contribution in [0.5, 0.6) is 17.2 Å². The highest BCUT2D eigenvalue weighted by atomic mass is 16.5. The molecule has 0 aliphatic heterocycles. The van der Waals surface area contributed by atoms with E-state index < -0.39 is 0 Å². The third kappa shape index (κ3) is 6.93. The zero-order chi connectivity index (χ0) is 24.0. The summed E-state index contributed by atoms with van der Waals surface area (Å²) in [5.74, 6) is 2.55. The van der Waals surface area contributed by atoms with E-state index in [1.54, 1.807) is 0 Å². The molecule has 0 radical (unpaired) electrons. The van der Waals surface area contributed by atoms with Crippen LogP contribution in [0.25, 0.3) is 0 Å². The topological polar surface area (TPSA) is 30.9 Å². The number of ether oxygens (including phenoxy) is 3. The van der Waals surface area contributed by atoms with Gasteiger partial charge in [0.25, 0.3) is 0 Å². The Labute approximate surface area is 205 Å². The van der Waals surface area contributed by atoms with Crippen molar-refractivity contribution in [3.05, 3.63) is 72.8 Å². The fraction of sp³-hybridized carbons (Fsp3) is 0.400. The van der Waals surface area contributed by atoms with Crippen molar-refractivity contribution < 1.29 is 14.2 Å². The monoisotopic (exact) mass is 461 g/mol. The van der Waals surface area contributed by atoms with E-state index >= 15 is 0 Å². The van der Waals surface area contributed by atoms with Crippen LogP contribution in [-0.4, -0.2) is 19.8 Å². The molecular weight excluding hydrogens is 422 g/mol. The van der Waals surface area contributed by atoms with E-state index in [1.807, 2.05) is 36.4 Å². The number of hydrogen-bond acceptors (Lipinski definition) is 4. The lowest BCUT2D eigenvalue weighted by atomic mass is 10.1. The minimum Gasteiger partial charge on any atom is -0.491 e. The Kier molecular flexibility index (Phi) is 10.6. The lowest BCUT2D eigenvalue weighted by molar-refractivity contribution is 0.306. The number of rotatable bonds is 15. The van der Waals surface area contributed by atoms with Crippen molar-refractivity contribution in [2.45, 2.75) is 59.3 Å². The zero-order valence-corrected chi connectivity index (χ0v) is 21.0. The molecule has 0 fully saturated rings. The van der Waals surface area contributed by atoms with Gasteiger partial charge in [0.2, 0.25) is 0 Å². The predicted octanol–water partition coefficient (Wildman–Crippen LogP) is 8.69. The summed E-state index contributed by atoms with van der Waals surface area (Å²) in [5, 5.41) is 0. The number of para-hydroxylation sites is 6. The van der Waals surface area contributed by atoms with Crippen molar-refractivity contribution >= 4 is 17.1 Å². The van der Waals surface area contributed by atoms with Gasteiger partial charge in [0, 0.05) is 0 Å². The van der Waals surface area contributed by atoms with Gasteiger partial charge >= 0.3 is 0 Å². The van der Waals surface area contributed by atoms with Crippen molar-refractivity contribution in [2.75, 3.05) is 24.7 Å². The molecule has 0 unspecified atom stereocenters. The number of nitrogens with zero attached hydrogens (tertiary/aromatic N) is 1. The number of benzene rings is 3. The SMILES string of the molecule is CCCCOc1ccccc1N(c1ccccc1OCCCC)c1ccccc1OCCCC. The fourth-order valence-corrected chi connectivity index (χ4v) is 3.66. The average molecular weight is 462 g/mol. The van der Waals surface area contributed by atoms with E-state index in [1.165, 1.54) is 0 Å². The van der Waals surface area contributed by atoms with Gasteiger partial charge in [0.05, 0.1) is 36.9 Å². The van der Waals surface area contributed by atoms with Crippen molar-refractivity contribution in [1.82, 2.24) is 0 Å². The third-order valence-corrected chi connectivity index (χ3v) is 5.58. The number of anilines is 3. The maximum Gasteiger partial charge on any atom is 0.143 e. The van der Waals surface area contributed by atoms with E-state index in [-0.39, 0.29) is 0 Å². The van der Waals surface area contributed by atoms with Crippen molar-refractivity contribution in [3.8, 4) is 17.2 Å². The van der Waals surface area contributed by atoms with Crippen LogP contribution in [0, 0.1) is 0 Å². The second kappa shape index (κ2) is 14.2. The number of hydrogen-bond donors (Lipinski definition) is 0.